The van der Waals surface area contributed by atoms with Crippen molar-refractivity contribution in [3.63, 3.8) is 0 Å². The van der Waals surface area contributed by atoms with Crippen molar-refractivity contribution in [2.45, 2.75) is 53.4 Å². The van der Waals surface area contributed by atoms with E-state index in [0.29, 0.717) is 6.61 Å². The number of nitrogens with zero attached hydrogens (tertiary/aromatic N) is 2. The third kappa shape index (κ3) is 7.12. The van der Waals surface area contributed by atoms with E-state index < -0.39 is 0 Å². The van der Waals surface area contributed by atoms with Crippen LogP contribution < -0.4 is 0 Å². The first-order valence-electron chi connectivity index (χ1n) is 10.3. The summed E-state index contributed by atoms with van der Waals surface area (Å²) in [6, 6.07) is 13.3. The summed E-state index contributed by atoms with van der Waals surface area (Å²) < 4.78 is 0. The first kappa shape index (κ1) is 22.2. The first-order chi connectivity index (χ1) is 13.4. The van der Waals surface area contributed by atoms with Gasteiger partial charge in [0.2, 0.25) is 0 Å². The topological polar surface area (TPSA) is 24.8 Å². The summed E-state index contributed by atoms with van der Waals surface area (Å²) in [5.74, 6) is 0. The van der Waals surface area contributed by atoms with Gasteiger partial charge in [0.15, 0.2) is 0 Å². The highest BCUT2D eigenvalue weighted by Gasteiger charge is 2.07. The lowest BCUT2D eigenvalue weighted by atomic mass is 9.98. The summed E-state index contributed by atoms with van der Waals surface area (Å²) in [6.45, 7) is 10.3. The second-order valence-electron chi connectivity index (χ2n) is 8.10. The Labute approximate surface area is 171 Å². The highest BCUT2D eigenvalue weighted by atomic mass is 16.6. The average Bonchev–Trinajstić information content (AvgIpc) is 2.65. The summed E-state index contributed by atoms with van der Waals surface area (Å²) in [5.41, 5.74) is 8.95. The minimum absolute atomic E-state index is 0.656. The first-order valence-corrected chi connectivity index (χ1v) is 10.3. The molecule has 2 aromatic rings. The fourth-order valence-corrected chi connectivity index (χ4v) is 3.15. The zero-order valence-electron chi connectivity index (χ0n) is 18.5. The van der Waals surface area contributed by atoms with Crippen molar-refractivity contribution in [3.8, 4) is 0 Å². The lowest BCUT2D eigenvalue weighted by Crippen LogP contribution is -2.14. The summed E-state index contributed by atoms with van der Waals surface area (Å²) in [4.78, 5) is 7.84. The van der Waals surface area contributed by atoms with Crippen LogP contribution in [-0.2, 0) is 11.3 Å². The van der Waals surface area contributed by atoms with Crippen molar-refractivity contribution in [3.05, 3.63) is 69.8 Å². The molecule has 0 radical (unpaired) electrons. The van der Waals surface area contributed by atoms with Crippen molar-refractivity contribution in [2.24, 2.45) is 5.16 Å². The summed E-state index contributed by atoms with van der Waals surface area (Å²) in [6.07, 6.45) is 4.03. The lowest BCUT2D eigenvalue weighted by molar-refractivity contribution is 0.134. The van der Waals surface area contributed by atoms with Crippen LogP contribution in [0.2, 0.25) is 0 Å². The molecule has 3 nitrogen and oxygen atoms in total. The van der Waals surface area contributed by atoms with E-state index in [1.54, 1.807) is 0 Å². The van der Waals surface area contributed by atoms with Crippen molar-refractivity contribution in [2.75, 3.05) is 27.2 Å². The second kappa shape index (κ2) is 11.0. The summed E-state index contributed by atoms with van der Waals surface area (Å²) in [5, 5.41) is 4.52. The van der Waals surface area contributed by atoms with Crippen LogP contribution in [0.1, 0.15) is 52.6 Å². The van der Waals surface area contributed by atoms with Crippen LogP contribution in [0.4, 0.5) is 0 Å². The largest absolute Gasteiger partial charge is 0.396 e. The number of hydrogen-bond donors (Lipinski definition) is 0. The third-order valence-corrected chi connectivity index (χ3v) is 5.31. The van der Waals surface area contributed by atoms with E-state index in [0.717, 1.165) is 37.9 Å². The Hall–Kier alpha value is -2.13. The molecule has 0 saturated carbocycles. The maximum Gasteiger partial charge on any atom is 0.118 e. The minimum atomic E-state index is 0.656. The van der Waals surface area contributed by atoms with E-state index in [-0.39, 0.29) is 0 Å². The fourth-order valence-electron chi connectivity index (χ4n) is 3.15. The molecule has 0 amide bonds. The number of oxime groups is 1. The zero-order chi connectivity index (χ0) is 20.5. The molecule has 0 spiro atoms. The summed E-state index contributed by atoms with van der Waals surface area (Å²) >= 11 is 0. The van der Waals surface area contributed by atoms with Gasteiger partial charge in [-0.15, -0.1) is 0 Å². The monoisotopic (exact) mass is 380 g/mol. The molecule has 0 aromatic heterocycles. The molecule has 3 heteroatoms. The van der Waals surface area contributed by atoms with Gasteiger partial charge in [0.25, 0.3) is 0 Å². The predicted molar refractivity (Wildman–Crippen MR) is 120 cm³/mol. The van der Waals surface area contributed by atoms with Gasteiger partial charge in [0.1, 0.15) is 6.61 Å². The van der Waals surface area contributed by atoms with Gasteiger partial charge in [-0.3, -0.25) is 0 Å². The second-order valence-corrected chi connectivity index (χ2v) is 8.10. The number of rotatable bonds is 10. The molecule has 0 aliphatic rings. The minimum Gasteiger partial charge on any atom is -0.396 e. The van der Waals surface area contributed by atoms with Crippen molar-refractivity contribution in [1.82, 2.24) is 4.90 Å². The molecule has 28 heavy (non-hydrogen) atoms. The van der Waals surface area contributed by atoms with Gasteiger partial charge in [-0.2, -0.15) is 0 Å². The van der Waals surface area contributed by atoms with Gasteiger partial charge in [-0.25, -0.2) is 0 Å². The molecular formula is C25H36N2O. The van der Waals surface area contributed by atoms with E-state index in [1.807, 2.05) is 0 Å². The highest BCUT2D eigenvalue weighted by Crippen LogP contribution is 2.16. The molecule has 2 rings (SSSR count). The molecule has 0 aliphatic carbocycles. The molecule has 0 heterocycles. The van der Waals surface area contributed by atoms with E-state index >= 15 is 0 Å². The Balaban J connectivity index is 2.02. The van der Waals surface area contributed by atoms with Crippen molar-refractivity contribution < 1.29 is 4.84 Å². The fraction of sp³-hybridized carbons (Fsp3) is 0.480. The normalized spacial score (nSPS) is 11.9. The van der Waals surface area contributed by atoms with Crippen LogP contribution >= 0.6 is 0 Å². The standard InChI is InChI=1S/C25H36N2O/c1-19-11-13-23(17-21(19)3)9-7-10-25(26-28-16-8-15-27(5)6)24-14-12-20(2)22(4)18-24/h11-14,17-18H,7-10,15-16H2,1-6H3/b26-25+. The van der Waals surface area contributed by atoms with E-state index in [4.69, 9.17) is 4.84 Å². The van der Waals surface area contributed by atoms with Crippen molar-refractivity contribution >= 4 is 5.71 Å². The molecule has 0 saturated heterocycles. The lowest BCUT2D eigenvalue weighted by Gasteiger charge is -2.11. The Morgan fingerprint density at radius 3 is 2.18 bits per heavy atom. The van der Waals surface area contributed by atoms with Gasteiger partial charge < -0.3 is 9.74 Å². The Morgan fingerprint density at radius 2 is 1.54 bits per heavy atom. The number of benzene rings is 2. The average molecular weight is 381 g/mol. The molecule has 2 aromatic carbocycles. The van der Waals surface area contributed by atoms with Crippen LogP contribution in [0.5, 0.6) is 0 Å². The Bertz CT molecular complexity index is 793. The number of hydrogen-bond acceptors (Lipinski definition) is 3. The molecule has 0 unspecified atom stereocenters. The summed E-state index contributed by atoms with van der Waals surface area (Å²) in [7, 11) is 4.16. The molecular weight excluding hydrogens is 344 g/mol. The highest BCUT2D eigenvalue weighted by molar-refractivity contribution is 6.00. The quantitative estimate of drug-likeness (QED) is 0.304. The van der Waals surface area contributed by atoms with Crippen LogP contribution in [0.25, 0.3) is 0 Å². The maximum absolute atomic E-state index is 5.67. The van der Waals surface area contributed by atoms with Gasteiger partial charge in [0.05, 0.1) is 5.71 Å². The SMILES string of the molecule is Cc1ccc(CCC/C(=N\OCCCN(C)C)c2ccc(C)c(C)c2)cc1C. The Kier molecular flexibility index (Phi) is 8.72. The molecule has 0 N–H and O–H groups in total. The molecule has 152 valence electrons. The van der Waals surface area contributed by atoms with Gasteiger partial charge in [-0.05, 0) is 107 Å². The zero-order valence-corrected chi connectivity index (χ0v) is 18.5. The van der Waals surface area contributed by atoms with Crippen LogP contribution in [0, 0.1) is 27.7 Å². The maximum atomic E-state index is 5.67. The van der Waals surface area contributed by atoms with E-state index in [1.165, 1.54) is 33.4 Å². The predicted octanol–water partition coefficient (Wildman–Crippen LogP) is 5.62. The number of aryl methyl sites for hydroxylation is 5. The van der Waals surface area contributed by atoms with E-state index in [9.17, 15) is 0 Å². The Morgan fingerprint density at radius 1 is 0.857 bits per heavy atom. The van der Waals surface area contributed by atoms with E-state index in [2.05, 4.69) is 88.2 Å². The third-order valence-electron chi connectivity index (χ3n) is 5.31. The van der Waals surface area contributed by atoms with Gasteiger partial charge in [0, 0.05) is 6.54 Å². The molecule has 0 aliphatic heterocycles. The van der Waals surface area contributed by atoms with Crippen LogP contribution in [-0.4, -0.2) is 37.9 Å². The van der Waals surface area contributed by atoms with Crippen LogP contribution in [0.3, 0.4) is 0 Å². The van der Waals surface area contributed by atoms with Gasteiger partial charge in [-0.1, -0.05) is 35.5 Å². The molecule has 0 atom stereocenters. The molecule has 0 fully saturated rings. The smallest absolute Gasteiger partial charge is 0.118 e. The van der Waals surface area contributed by atoms with Crippen LogP contribution in [0.15, 0.2) is 41.6 Å². The van der Waals surface area contributed by atoms with Gasteiger partial charge >= 0.3 is 0 Å². The van der Waals surface area contributed by atoms with Crippen molar-refractivity contribution in [1.29, 1.82) is 0 Å². The molecule has 0 bridgehead atoms.